The maximum atomic E-state index is 13.8. The molecule has 1 aromatic carbocycles. The van der Waals surface area contributed by atoms with Crippen molar-refractivity contribution in [1.29, 1.82) is 0 Å². The number of benzene rings is 1. The molecule has 1 heterocycles. The van der Waals surface area contributed by atoms with Gasteiger partial charge in [-0.05, 0) is 43.5 Å². The fourth-order valence-electron chi connectivity index (χ4n) is 2.98. The van der Waals surface area contributed by atoms with Crippen molar-refractivity contribution in [2.75, 3.05) is 13.7 Å². The molecular formula is C15H20FNO3. The number of halogens is 1. The summed E-state index contributed by atoms with van der Waals surface area (Å²) < 4.78 is 18.7. The number of ether oxygens (including phenoxy) is 1. The van der Waals surface area contributed by atoms with Gasteiger partial charge in [-0.3, -0.25) is 9.69 Å². The number of hydrogen-bond donors (Lipinski definition) is 1. The Balaban J connectivity index is 2.28. The molecule has 4 nitrogen and oxygen atoms in total. The standard InChI is InChI=1S/C15H20FNO3/c1-3-12(17-8-4-5-13(17)15(18)19)10-6-7-14(20-2)11(16)9-10/h6-7,9,12-13H,3-5,8H2,1-2H3,(H,18,19). The number of nitrogens with zero attached hydrogens (tertiary/aromatic N) is 1. The number of aliphatic carboxylic acids is 1. The van der Waals surface area contributed by atoms with Crippen LogP contribution in [0.4, 0.5) is 4.39 Å². The molecule has 20 heavy (non-hydrogen) atoms. The maximum Gasteiger partial charge on any atom is 0.320 e. The van der Waals surface area contributed by atoms with Gasteiger partial charge in [0.2, 0.25) is 0 Å². The lowest BCUT2D eigenvalue weighted by atomic mass is 10.0. The smallest absolute Gasteiger partial charge is 0.320 e. The average Bonchev–Trinajstić information content (AvgIpc) is 2.89. The molecule has 0 bridgehead atoms. The molecule has 1 fully saturated rings. The van der Waals surface area contributed by atoms with Crippen LogP contribution in [-0.2, 0) is 4.79 Å². The Morgan fingerprint density at radius 3 is 2.90 bits per heavy atom. The lowest BCUT2D eigenvalue weighted by Crippen LogP contribution is -2.38. The van der Waals surface area contributed by atoms with Crippen LogP contribution in [0.3, 0.4) is 0 Å². The fourth-order valence-corrected chi connectivity index (χ4v) is 2.98. The number of rotatable bonds is 5. The summed E-state index contributed by atoms with van der Waals surface area (Å²) in [5, 5.41) is 9.28. The van der Waals surface area contributed by atoms with E-state index >= 15 is 0 Å². The van der Waals surface area contributed by atoms with Gasteiger partial charge >= 0.3 is 5.97 Å². The van der Waals surface area contributed by atoms with Gasteiger partial charge in [-0.2, -0.15) is 0 Å². The summed E-state index contributed by atoms with van der Waals surface area (Å²) in [6, 6.07) is 4.32. The van der Waals surface area contributed by atoms with E-state index in [1.807, 2.05) is 17.9 Å². The second-order valence-corrected chi connectivity index (χ2v) is 5.05. The van der Waals surface area contributed by atoms with E-state index in [0.29, 0.717) is 6.42 Å². The van der Waals surface area contributed by atoms with Crippen LogP contribution in [0.2, 0.25) is 0 Å². The van der Waals surface area contributed by atoms with E-state index < -0.39 is 17.8 Å². The normalized spacial score (nSPS) is 20.9. The SMILES string of the molecule is CCC(c1ccc(OC)c(F)c1)N1CCCC1C(=O)O. The molecule has 0 aliphatic carbocycles. The van der Waals surface area contributed by atoms with Crippen molar-refractivity contribution in [1.82, 2.24) is 4.90 Å². The molecule has 1 N–H and O–H groups in total. The molecule has 0 amide bonds. The first kappa shape index (κ1) is 14.8. The van der Waals surface area contributed by atoms with E-state index in [1.54, 1.807) is 6.07 Å². The Labute approximate surface area is 118 Å². The van der Waals surface area contributed by atoms with Crippen molar-refractivity contribution >= 4 is 5.97 Å². The van der Waals surface area contributed by atoms with Crippen molar-refractivity contribution < 1.29 is 19.0 Å². The predicted molar refractivity (Wildman–Crippen MR) is 73.3 cm³/mol. The minimum atomic E-state index is -0.796. The molecule has 1 saturated heterocycles. The van der Waals surface area contributed by atoms with Gasteiger partial charge < -0.3 is 9.84 Å². The Morgan fingerprint density at radius 2 is 2.35 bits per heavy atom. The third-order valence-electron chi connectivity index (χ3n) is 3.93. The minimum absolute atomic E-state index is 0.0704. The monoisotopic (exact) mass is 281 g/mol. The minimum Gasteiger partial charge on any atom is -0.494 e. The van der Waals surface area contributed by atoms with Crippen LogP contribution in [-0.4, -0.2) is 35.7 Å². The molecule has 110 valence electrons. The quantitative estimate of drug-likeness (QED) is 0.901. The van der Waals surface area contributed by atoms with Crippen molar-refractivity contribution in [2.45, 2.75) is 38.3 Å². The molecule has 0 spiro atoms. The first-order chi connectivity index (χ1) is 9.58. The number of methoxy groups -OCH3 is 1. The first-order valence-electron chi connectivity index (χ1n) is 6.90. The highest BCUT2D eigenvalue weighted by atomic mass is 19.1. The molecule has 1 aliphatic rings. The van der Waals surface area contributed by atoms with Gasteiger partial charge in [-0.1, -0.05) is 13.0 Å². The van der Waals surface area contributed by atoms with Crippen molar-refractivity contribution in [3.63, 3.8) is 0 Å². The molecule has 1 aliphatic heterocycles. The van der Waals surface area contributed by atoms with Crippen LogP contribution in [0.25, 0.3) is 0 Å². The van der Waals surface area contributed by atoms with Gasteiger partial charge in [-0.15, -0.1) is 0 Å². The Hall–Kier alpha value is -1.62. The van der Waals surface area contributed by atoms with Crippen LogP contribution in [0, 0.1) is 5.82 Å². The maximum absolute atomic E-state index is 13.8. The fraction of sp³-hybridized carbons (Fsp3) is 0.533. The second-order valence-electron chi connectivity index (χ2n) is 5.05. The highest BCUT2D eigenvalue weighted by Gasteiger charge is 2.35. The van der Waals surface area contributed by atoms with E-state index in [2.05, 4.69) is 0 Å². The van der Waals surface area contributed by atoms with Gasteiger partial charge in [0.15, 0.2) is 11.6 Å². The molecule has 0 aromatic heterocycles. The predicted octanol–water partition coefficient (Wildman–Crippen LogP) is 2.83. The summed E-state index contributed by atoms with van der Waals surface area (Å²) in [5.41, 5.74) is 0.805. The zero-order chi connectivity index (χ0) is 14.7. The molecular weight excluding hydrogens is 261 g/mol. The Morgan fingerprint density at radius 1 is 1.60 bits per heavy atom. The first-order valence-corrected chi connectivity index (χ1v) is 6.90. The number of likely N-dealkylation sites (tertiary alicyclic amines) is 1. The molecule has 2 rings (SSSR count). The lowest BCUT2D eigenvalue weighted by molar-refractivity contribution is -0.143. The number of carbonyl (C=O) groups is 1. The van der Waals surface area contributed by atoms with Crippen LogP contribution < -0.4 is 4.74 Å². The number of carboxylic acids is 1. The third kappa shape index (κ3) is 2.77. The summed E-state index contributed by atoms with van der Waals surface area (Å²) in [7, 11) is 1.43. The van der Waals surface area contributed by atoms with Crippen LogP contribution in [0.15, 0.2) is 18.2 Å². The van der Waals surface area contributed by atoms with Crippen LogP contribution in [0.1, 0.15) is 37.8 Å². The topological polar surface area (TPSA) is 49.8 Å². The summed E-state index contributed by atoms with van der Waals surface area (Å²) in [5.74, 6) is -0.996. The summed E-state index contributed by atoms with van der Waals surface area (Å²) in [4.78, 5) is 13.3. The molecule has 0 saturated carbocycles. The van der Waals surface area contributed by atoms with Crippen LogP contribution in [0.5, 0.6) is 5.75 Å². The number of hydrogen-bond acceptors (Lipinski definition) is 3. The zero-order valence-electron chi connectivity index (χ0n) is 11.8. The van der Waals surface area contributed by atoms with Crippen molar-refractivity contribution in [2.24, 2.45) is 0 Å². The largest absolute Gasteiger partial charge is 0.494 e. The van der Waals surface area contributed by atoms with Crippen molar-refractivity contribution in [3.8, 4) is 5.75 Å². The summed E-state index contributed by atoms with van der Waals surface area (Å²) in [6.45, 7) is 2.73. The zero-order valence-corrected chi connectivity index (χ0v) is 11.8. The van der Waals surface area contributed by atoms with Gasteiger partial charge in [-0.25, -0.2) is 4.39 Å². The Bertz CT molecular complexity index is 492. The highest BCUT2D eigenvalue weighted by molar-refractivity contribution is 5.73. The van der Waals surface area contributed by atoms with E-state index in [0.717, 1.165) is 24.9 Å². The van der Waals surface area contributed by atoms with Crippen LogP contribution >= 0.6 is 0 Å². The van der Waals surface area contributed by atoms with Gasteiger partial charge in [0.25, 0.3) is 0 Å². The van der Waals surface area contributed by atoms with E-state index in [-0.39, 0.29) is 11.8 Å². The lowest BCUT2D eigenvalue weighted by Gasteiger charge is -2.30. The second kappa shape index (κ2) is 6.22. The molecule has 1 aromatic rings. The highest BCUT2D eigenvalue weighted by Crippen LogP contribution is 2.33. The van der Waals surface area contributed by atoms with E-state index in [9.17, 15) is 14.3 Å². The average molecular weight is 281 g/mol. The molecule has 0 radical (unpaired) electrons. The summed E-state index contributed by atoms with van der Waals surface area (Å²) in [6.07, 6.45) is 2.27. The van der Waals surface area contributed by atoms with E-state index in [1.165, 1.54) is 13.2 Å². The molecule has 2 unspecified atom stereocenters. The Kier molecular flexibility index (Phi) is 4.60. The van der Waals surface area contributed by atoms with Gasteiger partial charge in [0.1, 0.15) is 6.04 Å². The van der Waals surface area contributed by atoms with E-state index in [4.69, 9.17) is 4.74 Å². The van der Waals surface area contributed by atoms with Gasteiger partial charge in [0, 0.05) is 6.04 Å². The molecule has 5 heteroatoms. The van der Waals surface area contributed by atoms with Gasteiger partial charge in [0.05, 0.1) is 7.11 Å². The molecule has 2 atom stereocenters. The number of carboxylic acid groups (broad SMARTS) is 1. The summed E-state index contributed by atoms with van der Waals surface area (Å²) >= 11 is 0. The third-order valence-corrected chi connectivity index (χ3v) is 3.93. The van der Waals surface area contributed by atoms with Crippen molar-refractivity contribution in [3.05, 3.63) is 29.6 Å².